The number of halogens is 1. The van der Waals surface area contributed by atoms with Crippen LogP contribution < -0.4 is 15.4 Å². The number of nitrogens with one attached hydrogen (secondary N) is 2. The zero-order valence-corrected chi connectivity index (χ0v) is 17.2. The molecule has 0 atom stereocenters. The van der Waals surface area contributed by atoms with Crippen LogP contribution in [0.4, 0.5) is 0 Å². The summed E-state index contributed by atoms with van der Waals surface area (Å²) < 4.78 is 15.6. The van der Waals surface area contributed by atoms with Crippen LogP contribution in [0.5, 0.6) is 5.75 Å². The Bertz CT molecular complexity index is 458. The Morgan fingerprint density at radius 1 is 1.08 bits per heavy atom. The molecule has 0 aromatic heterocycles. The number of aliphatic imine (C=N–C) groups is 1. The summed E-state index contributed by atoms with van der Waals surface area (Å²) in [6, 6.07) is 8.10. The minimum absolute atomic E-state index is 0. The van der Waals surface area contributed by atoms with Crippen LogP contribution in [0.3, 0.4) is 0 Å². The monoisotopic (exact) mass is 451 g/mol. The van der Waals surface area contributed by atoms with Gasteiger partial charge in [0.2, 0.25) is 0 Å². The molecule has 7 heteroatoms. The average molecular weight is 451 g/mol. The smallest absolute Gasteiger partial charge is 0.190 e. The molecule has 0 fully saturated rings. The van der Waals surface area contributed by atoms with Crippen molar-refractivity contribution < 1.29 is 14.2 Å². The first-order valence-corrected chi connectivity index (χ1v) is 7.94. The highest BCUT2D eigenvalue weighted by molar-refractivity contribution is 14.0. The van der Waals surface area contributed by atoms with E-state index in [1.54, 1.807) is 21.3 Å². The summed E-state index contributed by atoms with van der Waals surface area (Å²) in [4.78, 5) is 4.21. The van der Waals surface area contributed by atoms with Crippen molar-refractivity contribution in [2.24, 2.45) is 4.99 Å². The van der Waals surface area contributed by atoms with Gasteiger partial charge in [-0.2, -0.15) is 0 Å². The molecule has 0 bridgehead atoms. The van der Waals surface area contributed by atoms with Crippen LogP contribution in [-0.2, 0) is 15.9 Å². The van der Waals surface area contributed by atoms with Gasteiger partial charge in [0.25, 0.3) is 0 Å². The van der Waals surface area contributed by atoms with Gasteiger partial charge in [-0.25, -0.2) is 0 Å². The molecule has 2 N–H and O–H groups in total. The van der Waals surface area contributed by atoms with E-state index in [2.05, 4.69) is 27.8 Å². The number of ether oxygens (including phenoxy) is 3. The number of hydrogen-bond donors (Lipinski definition) is 2. The average Bonchev–Trinajstić information content (AvgIpc) is 2.59. The first-order chi connectivity index (χ1) is 11.3. The van der Waals surface area contributed by atoms with Crippen LogP contribution in [0, 0.1) is 0 Å². The normalized spacial score (nSPS) is 10.9. The molecule has 24 heavy (non-hydrogen) atoms. The predicted octanol–water partition coefficient (Wildman–Crippen LogP) is 2.07. The lowest BCUT2D eigenvalue weighted by atomic mass is 10.1. The van der Waals surface area contributed by atoms with Gasteiger partial charge in [0.15, 0.2) is 5.96 Å². The van der Waals surface area contributed by atoms with Gasteiger partial charge in [-0.1, -0.05) is 12.1 Å². The second-order valence-electron chi connectivity index (χ2n) is 4.99. The third-order valence-corrected chi connectivity index (χ3v) is 3.25. The largest absolute Gasteiger partial charge is 0.497 e. The Kier molecular flexibility index (Phi) is 14.8. The quantitative estimate of drug-likeness (QED) is 0.234. The molecule has 1 aromatic rings. The van der Waals surface area contributed by atoms with Gasteiger partial charge in [-0.3, -0.25) is 4.99 Å². The first-order valence-electron chi connectivity index (χ1n) is 7.94. The third-order valence-electron chi connectivity index (χ3n) is 3.25. The van der Waals surface area contributed by atoms with Gasteiger partial charge in [0.1, 0.15) is 5.75 Å². The van der Waals surface area contributed by atoms with Crippen LogP contribution in [-0.4, -0.2) is 60.1 Å². The summed E-state index contributed by atoms with van der Waals surface area (Å²) in [6.45, 7) is 3.64. The van der Waals surface area contributed by atoms with Gasteiger partial charge >= 0.3 is 0 Å². The predicted molar refractivity (Wildman–Crippen MR) is 109 cm³/mol. The highest BCUT2D eigenvalue weighted by atomic mass is 127. The molecule has 0 saturated heterocycles. The summed E-state index contributed by atoms with van der Waals surface area (Å²) in [5, 5.41) is 6.58. The van der Waals surface area contributed by atoms with E-state index in [4.69, 9.17) is 14.2 Å². The molecule has 1 rings (SSSR count). The van der Waals surface area contributed by atoms with E-state index in [1.807, 2.05) is 12.1 Å². The lowest BCUT2D eigenvalue weighted by Crippen LogP contribution is -2.39. The number of benzene rings is 1. The van der Waals surface area contributed by atoms with E-state index >= 15 is 0 Å². The minimum Gasteiger partial charge on any atom is -0.497 e. The fourth-order valence-electron chi connectivity index (χ4n) is 2.00. The molecule has 1 aromatic carbocycles. The maximum atomic E-state index is 5.41. The number of rotatable bonds is 11. The Hall–Kier alpha value is -1.06. The Balaban J connectivity index is 0.00000529. The number of hydrogen-bond acceptors (Lipinski definition) is 4. The van der Waals surface area contributed by atoms with Gasteiger partial charge in [-0.05, 0) is 30.5 Å². The van der Waals surface area contributed by atoms with E-state index in [9.17, 15) is 0 Å². The zero-order chi connectivity index (χ0) is 16.8. The van der Waals surface area contributed by atoms with Gasteiger partial charge in [0, 0.05) is 33.9 Å². The molecule has 6 nitrogen and oxygen atoms in total. The van der Waals surface area contributed by atoms with Gasteiger partial charge < -0.3 is 24.8 Å². The molecule has 0 spiro atoms. The first kappa shape index (κ1) is 22.9. The molecule has 0 radical (unpaired) electrons. The van der Waals surface area contributed by atoms with E-state index in [-0.39, 0.29) is 24.0 Å². The fourth-order valence-corrected chi connectivity index (χ4v) is 2.00. The number of methoxy groups -OCH3 is 2. The van der Waals surface area contributed by atoms with E-state index in [0.717, 1.165) is 44.2 Å². The molecular weight excluding hydrogens is 421 g/mol. The van der Waals surface area contributed by atoms with Gasteiger partial charge in [-0.15, -0.1) is 24.0 Å². The van der Waals surface area contributed by atoms with Crippen molar-refractivity contribution >= 4 is 29.9 Å². The molecule has 0 amide bonds. The molecule has 0 heterocycles. The molecular formula is C17H30IN3O3. The Labute approximate surface area is 162 Å². The third kappa shape index (κ3) is 10.7. The highest BCUT2D eigenvalue weighted by Gasteiger charge is 1.99. The molecule has 138 valence electrons. The van der Waals surface area contributed by atoms with Gasteiger partial charge in [0.05, 0.1) is 20.3 Å². The maximum Gasteiger partial charge on any atom is 0.190 e. The van der Waals surface area contributed by atoms with Crippen LogP contribution >= 0.6 is 24.0 Å². The van der Waals surface area contributed by atoms with Crippen molar-refractivity contribution in [2.75, 3.05) is 54.2 Å². The van der Waals surface area contributed by atoms with E-state index < -0.39 is 0 Å². The summed E-state index contributed by atoms with van der Waals surface area (Å²) in [6.07, 6.45) is 1.85. The summed E-state index contributed by atoms with van der Waals surface area (Å²) >= 11 is 0. The van der Waals surface area contributed by atoms with E-state index in [1.165, 1.54) is 5.56 Å². The van der Waals surface area contributed by atoms with Crippen molar-refractivity contribution in [3.63, 3.8) is 0 Å². The molecule has 0 aliphatic carbocycles. The maximum absolute atomic E-state index is 5.41. The molecule has 0 aliphatic heterocycles. The summed E-state index contributed by atoms with van der Waals surface area (Å²) in [7, 11) is 5.13. The van der Waals surface area contributed by atoms with Crippen molar-refractivity contribution in [1.29, 1.82) is 0 Å². The second kappa shape index (κ2) is 15.5. The van der Waals surface area contributed by atoms with Crippen LogP contribution in [0.2, 0.25) is 0 Å². The molecule has 0 unspecified atom stereocenters. The second-order valence-corrected chi connectivity index (χ2v) is 4.99. The fraction of sp³-hybridized carbons (Fsp3) is 0.588. The van der Waals surface area contributed by atoms with Crippen molar-refractivity contribution in [3.05, 3.63) is 29.8 Å². The standard InChI is InChI=1S/C17H29N3O3.HI/c1-18-17(19-9-5-11-23-13-12-21-2)20-10-8-15-6-4-7-16(14-15)22-3;/h4,6-7,14H,5,8-13H2,1-3H3,(H2,18,19,20);1H. The van der Waals surface area contributed by atoms with Crippen LogP contribution in [0.25, 0.3) is 0 Å². The van der Waals surface area contributed by atoms with E-state index in [0.29, 0.717) is 13.2 Å². The van der Waals surface area contributed by atoms with Crippen molar-refractivity contribution in [1.82, 2.24) is 10.6 Å². The topological polar surface area (TPSA) is 64.1 Å². The SMILES string of the molecule is CN=C(NCCCOCCOC)NCCc1cccc(OC)c1.I. The lowest BCUT2D eigenvalue weighted by molar-refractivity contribution is 0.0698. The van der Waals surface area contributed by atoms with Crippen molar-refractivity contribution in [2.45, 2.75) is 12.8 Å². The Morgan fingerprint density at radius 2 is 1.88 bits per heavy atom. The lowest BCUT2D eigenvalue weighted by Gasteiger charge is -2.12. The highest BCUT2D eigenvalue weighted by Crippen LogP contribution is 2.12. The molecule has 0 saturated carbocycles. The zero-order valence-electron chi connectivity index (χ0n) is 14.8. The van der Waals surface area contributed by atoms with Crippen LogP contribution in [0.15, 0.2) is 29.3 Å². The minimum atomic E-state index is 0. The molecule has 0 aliphatic rings. The number of guanidine groups is 1. The van der Waals surface area contributed by atoms with Crippen LogP contribution in [0.1, 0.15) is 12.0 Å². The number of nitrogens with zero attached hydrogens (tertiary/aromatic N) is 1. The van der Waals surface area contributed by atoms with Crippen molar-refractivity contribution in [3.8, 4) is 5.75 Å². The summed E-state index contributed by atoms with van der Waals surface area (Å²) in [5.41, 5.74) is 1.24. The Morgan fingerprint density at radius 3 is 2.58 bits per heavy atom. The summed E-state index contributed by atoms with van der Waals surface area (Å²) in [5.74, 6) is 1.70.